The van der Waals surface area contributed by atoms with Gasteiger partial charge in [0.25, 0.3) is 5.91 Å². The minimum absolute atomic E-state index is 0.136. The molecule has 4 rings (SSSR count). The number of unbranched alkanes of at least 4 members (excludes halogenated alkanes) is 1. The Morgan fingerprint density at radius 1 is 1.15 bits per heavy atom. The van der Waals surface area contributed by atoms with E-state index in [4.69, 9.17) is 9.47 Å². The van der Waals surface area contributed by atoms with E-state index in [9.17, 15) is 19.5 Å². The molecule has 1 saturated heterocycles. The number of benzene rings is 1. The van der Waals surface area contributed by atoms with Crippen molar-refractivity contribution in [3.63, 3.8) is 0 Å². The molecule has 3 aliphatic rings. The van der Waals surface area contributed by atoms with Gasteiger partial charge in [0.1, 0.15) is 17.4 Å². The summed E-state index contributed by atoms with van der Waals surface area (Å²) in [5.74, 6) is 0.348. The van der Waals surface area contributed by atoms with E-state index in [0.29, 0.717) is 23.5 Å². The van der Waals surface area contributed by atoms with Crippen LogP contribution in [0.5, 0.6) is 5.75 Å². The number of rotatable bonds is 8. The number of aliphatic hydroxyl groups is 1. The number of carbonyl (C=O) groups excluding carboxylic acids is 3. The van der Waals surface area contributed by atoms with Gasteiger partial charge in [0.05, 0.1) is 12.4 Å². The predicted molar refractivity (Wildman–Crippen MR) is 120 cm³/mol. The van der Waals surface area contributed by atoms with Gasteiger partial charge in [-0.3, -0.25) is 24.6 Å². The number of fused-ring (bicyclic) bond motifs is 1. The Kier molecular flexibility index (Phi) is 6.47. The zero-order chi connectivity index (χ0) is 23.8. The molecule has 3 amide bonds. The fraction of sp³-hybridized carbons (Fsp3) is 0.560. The highest BCUT2D eigenvalue weighted by atomic mass is 16.5. The lowest BCUT2D eigenvalue weighted by atomic mass is 10.0. The second-order valence-electron chi connectivity index (χ2n) is 9.85. The maximum absolute atomic E-state index is 12.8. The van der Waals surface area contributed by atoms with Crippen LogP contribution in [0.3, 0.4) is 0 Å². The Morgan fingerprint density at radius 2 is 1.91 bits per heavy atom. The van der Waals surface area contributed by atoms with Gasteiger partial charge in [-0.1, -0.05) is 0 Å². The molecule has 2 atom stereocenters. The lowest BCUT2D eigenvalue weighted by Crippen LogP contribution is -2.53. The standard InChI is InChI=1S/C25H32N2O6/c1-25(2,3)33-20(15-7-8-15)6-4-5-13-32-16-9-10-17-18(14-16)24(31)27(23(17)30)19-11-12-21(28)26-22(19)29/h9-10,14,19,24,31H,4-8,11-13H2,1-3H3,(H,26,28,29). The molecule has 2 aliphatic heterocycles. The third kappa shape index (κ3) is 5.38. The number of aliphatic hydroxyl groups excluding tert-OH is 1. The molecule has 0 bridgehead atoms. The van der Waals surface area contributed by atoms with Crippen LogP contribution in [0.1, 0.15) is 87.9 Å². The molecule has 0 radical (unpaired) electrons. The number of nitrogens with zero attached hydrogens (tertiary/aromatic N) is 1. The third-order valence-corrected chi connectivity index (χ3v) is 5.97. The number of piperidine rings is 1. The highest BCUT2D eigenvalue weighted by Gasteiger charge is 2.44. The van der Waals surface area contributed by atoms with Crippen molar-refractivity contribution in [2.75, 3.05) is 6.61 Å². The lowest BCUT2D eigenvalue weighted by molar-refractivity contribution is -0.139. The molecule has 8 heteroatoms. The number of allylic oxidation sites excluding steroid dienone is 2. The van der Waals surface area contributed by atoms with E-state index in [0.717, 1.165) is 42.8 Å². The summed E-state index contributed by atoms with van der Waals surface area (Å²) in [6, 6.07) is 4.11. The van der Waals surface area contributed by atoms with Crippen molar-refractivity contribution in [3.8, 4) is 5.75 Å². The van der Waals surface area contributed by atoms with Crippen molar-refractivity contribution in [2.24, 2.45) is 0 Å². The maximum Gasteiger partial charge on any atom is 0.257 e. The fourth-order valence-electron chi connectivity index (χ4n) is 4.29. The van der Waals surface area contributed by atoms with Crippen LogP contribution in [-0.4, -0.2) is 46.0 Å². The highest BCUT2D eigenvalue weighted by molar-refractivity contribution is 6.05. The minimum Gasteiger partial charge on any atom is -0.494 e. The zero-order valence-corrected chi connectivity index (χ0v) is 19.5. The molecule has 1 aliphatic carbocycles. The first kappa shape index (κ1) is 23.3. The first-order chi connectivity index (χ1) is 15.6. The number of amides is 3. The number of hydrogen-bond acceptors (Lipinski definition) is 6. The molecule has 33 heavy (non-hydrogen) atoms. The average Bonchev–Trinajstić information content (AvgIpc) is 3.55. The van der Waals surface area contributed by atoms with Gasteiger partial charge in [0.2, 0.25) is 11.8 Å². The van der Waals surface area contributed by atoms with Crippen LogP contribution in [0.2, 0.25) is 0 Å². The molecule has 1 saturated carbocycles. The molecule has 2 fully saturated rings. The van der Waals surface area contributed by atoms with Gasteiger partial charge >= 0.3 is 0 Å². The van der Waals surface area contributed by atoms with E-state index in [1.807, 2.05) is 0 Å². The normalized spacial score (nSPS) is 22.2. The third-order valence-electron chi connectivity index (χ3n) is 5.97. The maximum atomic E-state index is 12.8. The molecule has 1 aromatic rings. The van der Waals surface area contributed by atoms with Crippen molar-refractivity contribution in [1.29, 1.82) is 0 Å². The van der Waals surface area contributed by atoms with Crippen LogP contribution >= 0.6 is 0 Å². The Balaban J connectivity index is 1.31. The summed E-state index contributed by atoms with van der Waals surface area (Å²) in [5, 5.41) is 13.0. The SMILES string of the molecule is CC(C)(C)OC(CCCCOc1ccc2c(c1)C(O)N(C1CCC(=O)NC1=O)C2=O)=C1CC1. The number of imide groups is 1. The minimum atomic E-state index is -1.25. The summed E-state index contributed by atoms with van der Waals surface area (Å²) in [6.45, 7) is 6.70. The van der Waals surface area contributed by atoms with Gasteiger partial charge in [-0.25, -0.2) is 0 Å². The zero-order valence-electron chi connectivity index (χ0n) is 19.5. The van der Waals surface area contributed by atoms with Gasteiger partial charge in [0.15, 0.2) is 6.23 Å². The number of carbonyl (C=O) groups is 3. The molecule has 2 N–H and O–H groups in total. The Hall–Kier alpha value is -2.87. The van der Waals surface area contributed by atoms with Crippen LogP contribution in [-0.2, 0) is 14.3 Å². The first-order valence-electron chi connectivity index (χ1n) is 11.6. The molecule has 0 aromatic heterocycles. The van der Waals surface area contributed by atoms with E-state index in [1.165, 1.54) is 5.57 Å². The second kappa shape index (κ2) is 9.17. The van der Waals surface area contributed by atoms with Gasteiger partial charge < -0.3 is 14.6 Å². The monoisotopic (exact) mass is 456 g/mol. The van der Waals surface area contributed by atoms with E-state index >= 15 is 0 Å². The van der Waals surface area contributed by atoms with Crippen LogP contribution < -0.4 is 10.1 Å². The molecule has 2 heterocycles. The summed E-state index contributed by atoms with van der Waals surface area (Å²) < 4.78 is 12.0. The molecule has 178 valence electrons. The summed E-state index contributed by atoms with van der Waals surface area (Å²) in [5.41, 5.74) is 2.00. The quantitative estimate of drug-likeness (QED) is 0.353. The largest absolute Gasteiger partial charge is 0.494 e. The lowest BCUT2D eigenvalue weighted by Gasteiger charge is -2.31. The molecule has 2 unspecified atom stereocenters. The fourth-order valence-corrected chi connectivity index (χ4v) is 4.29. The average molecular weight is 457 g/mol. The van der Waals surface area contributed by atoms with E-state index in [2.05, 4.69) is 26.1 Å². The van der Waals surface area contributed by atoms with Crippen LogP contribution in [0.15, 0.2) is 29.5 Å². The van der Waals surface area contributed by atoms with E-state index < -0.39 is 24.1 Å². The van der Waals surface area contributed by atoms with Crippen molar-refractivity contribution in [2.45, 2.75) is 83.6 Å². The van der Waals surface area contributed by atoms with Crippen molar-refractivity contribution >= 4 is 17.7 Å². The van der Waals surface area contributed by atoms with Crippen LogP contribution in [0.4, 0.5) is 0 Å². The summed E-state index contributed by atoms with van der Waals surface area (Å²) in [4.78, 5) is 37.6. The molecular formula is C25H32N2O6. The topological polar surface area (TPSA) is 105 Å². The van der Waals surface area contributed by atoms with Crippen molar-refractivity contribution in [1.82, 2.24) is 10.2 Å². The van der Waals surface area contributed by atoms with Crippen LogP contribution in [0, 0.1) is 0 Å². The Bertz CT molecular complexity index is 987. The van der Waals surface area contributed by atoms with Gasteiger partial charge in [-0.2, -0.15) is 0 Å². The Morgan fingerprint density at radius 3 is 2.58 bits per heavy atom. The van der Waals surface area contributed by atoms with E-state index in [1.54, 1.807) is 18.2 Å². The summed E-state index contributed by atoms with van der Waals surface area (Å²) in [7, 11) is 0. The molecule has 8 nitrogen and oxygen atoms in total. The van der Waals surface area contributed by atoms with Gasteiger partial charge in [-0.15, -0.1) is 0 Å². The Labute approximate surface area is 193 Å². The smallest absolute Gasteiger partial charge is 0.257 e. The second-order valence-corrected chi connectivity index (χ2v) is 9.85. The van der Waals surface area contributed by atoms with Crippen molar-refractivity contribution < 1.29 is 29.0 Å². The van der Waals surface area contributed by atoms with Crippen molar-refractivity contribution in [3.05, 3.63) is 40.7 Å². The summed E-state index contributed by atoms with van der Waals surface area (Å²) in [6.07, 6.45) is 4.05. The van der Waals surface area contributed by atoms with Gasteiger partial charge in [0, 0.05) is 24.0 Å². The van der Waals surface area contributed by atoms with E-state index in [-0.39, 0.29) is 24.3 Å². The first-order valence-corrected chi connectivity index (χ1v) is 11.6. The molecule has 0 spiro atoms. The number of ether oxygens (including phenoxy) is 2. The highest BCUT2D eigenvalue weighted by Crippen LogP contribution is 2.38. The predicted octanol–water partition coefficient (Wildman–Crippen LogP) is 3.35. The molecule has 1 aromatic carbocycles. The summed E-state index contributed by atoms with van der Waals surface area (Å²) >= 11 is 0. The number of nitrogens with one attached hydrogen (secondary N) is 1. The molecular weight excluding hydrogens is 424 g/mol. The van der Waals surface area contributed by atoms with Crippen LogP contribution in [0.25, 0.3) is 0 Å². The van der Waals surface area contributed by atoms with Gasteiger partial charge in [-0.05, 0) is 76.6 Å². The number of hydrogen-bond donors (Lipinski definition) is 2.